The van der Waals surface area contributed by atoms with E-state index in [1.165, 1.54) is 55.0 Å². The minimum Gasteiger partial charge on any atom is -0.215 e. The largest absolute Gasteiger partial charge is 0.215 e. The zero-order valence-corrected chi connectivity index (χ0v) is 19.7. The Morgan fingerprint density at radius 3 is 1.89 bits per heavy atom. The third kappa shape index (κ3) is 3.32. The van der Waals surface area contributed by atoms with Crippen LogP contribution in [0, 0.1) is 0 Å². The summed E-state index contributed by atoms with van der Waals surface area (Å²) in [6, 6.07) is 42.8. The van der Waals surface area contributed by atoms with Crippen molar-refractivity contribution >= 4 is 43.8 Å². The Morgan fingerprint density at radius 1 is 0.457 bits per heavy atom. The van der Waals surface area contributed by atoms with Gasteiger partial charge in [-0.1, -0.05) is 115 Å². The van der Waals surface area contributed by atoms with Crippen molar-refractivity contribution in [2.45, 2.75) is 0 Å². The minimum atomic E-state index is 0.776. The molecule has 0 N–H and O–H groups in total. The maximum Gasteiger partial charge on any atom is 0.174 e. The molecule has 1 aromatic heterocycles. The standard InChI is InChI=1S/C32H20N2S/c1-2-10-21(11-3-1)23-16-8-18-27-26(23)17-9-19-29(27)31-33-32(35-34-31)30-20-22-12-4-5-13-24(22)25-14-6-7-15-28(25)30/h1-20H. The van der Waals surface area contributed by atoms with Crippen LogP contribution in [0.2, 0.25) is 0 Å². The van der Waals surface area contributed by atoms with Gasteiger partial charge in [-0.25, -0.2) is 4.98 Å². The highest BCUT2D eigenvalue weighted by Gasteiger charge is 2.16. The zero-order chi connectivity index (χ0) is 23.2. The van der Waals surface area contributed by atoms with Crippen molar-refractivity contribution < 1.29 is 0 Å². The maximum atomic E-state index is 5.07. The molecule has 0 spiro atoms. The van der Waals surface area contributed by atoms with Crippen LogP contribution in [-0.2, 0) is 0 Å². The first-order valence-corrected chi connectivity index (χ1v) is 12.5. The van der Waals surface area contributed by atoms with Gasteiger partial charge in [-0.05, 0) is 61.0 Å². The van der Waals surface area contributed by atoms with E-state index in [0.29, 0.717) is 0 Å². The molecule has 7 rings (SSSR count). The summed E-state index contributed by atoms with van der Waals surface area (Å²) in [5.74, 6) is 0.776. The molecule has 0 aliphatic carbocycles. The van der Waals surface area contributed by atoms with Gasteiger partial charge in [0.25, 0.3) is 0 Å². The average Bonchev–Trinajstić information content (AvgIpc) is 3.42. The lowest BCUT2D eigenvalue weighted by Crippen LogP contribution is -1.87. The number of hydrogen-bond donors (Lipinski definition) is 0. The summed E-state index contributed by atoms with van der Waals surface area (Å²) in [6.07, 6.45) is 0. The lowest BCUT2D eigenvalue weighted by molar-refractivity contribution is 1.34. The van der Waals surface area contributed by atoms with Gasteiger partial charge in [0.1, 0.15) is 5.01 Å². The van der Waals surface area contributed by atoms with E-state index in [2.05, 4.69) is 121 Å². The fraction of sp³-hybridized carbons (Fsp3) is 0. The van der Waals surface area contributed by atoms with E-state index in [4.69, 9.17) is 9.36 Å². The number of hydrogen-bond acceptors (Lipinski definition) is 3. The van der Waals surface area contributed by atoms with E-state index in [1.807, 2.05) is 0 Å². The maximum absolute atomic E-state index is 5.07. The molecule has 2 nitrogen and oxygen atoms in total. The van der Waals surface area contributed by atoms with E-state index in [9.17, 15) is 0 Å². The Bertz CT molecular complexity index is 1850. The van der Waals surface area contributed by atoms with Crippen molar-refractivity contribution in [1.82, 2.24) is 9.36 Å². The first-order chi connectivity index (χ1) is 17.4. The quantitative estimate of drug-likeness (QED) is 0.244. The predicted molar refractivity (Wildman–Crippen MR) is 149 cm³/mol. The summed E-state index contributed by atoms with van der Waals surface area (Å²) in [5.41, 5.74) is 4.63. The van der Waals surface area contributed by atoms with Crippen molar-refractivity contribution in [2.24, 2.45) is 0 Å². The van der Waals surface area contributed by atoms with Crippen LogP contribution in [0.5, 0.6) is 0 Å². The van der Waals surface area contributed by atoms with Crippen LogP contribution in [-0.4, -0.2) is 9.36 Å². The summed E-state index contributed by atoms with van der Waals surface area (Å²) >= 11 is 1.47. The van der Waals surface area contributed by atoms with E-state index < -0.39 is 0 Å². The Kier molecular flexibility index (Phi) is 4.68. The van der Waals surface area contributed by atoms with Crippen LogP contribution in [0.4, 0.5) is 0 Å². The van der Waals surface area contributed by atoms with Crippen molar-refractivity contribution in [1.29, 1.82) is 0 Å². The van der Waals surface area contributed by atoms with Crippen LogP contribution in [0.3, 0.4) is 0 Å². The van der Waals surface area contributed by atoms with E-state index >= 15 is 0 Å². The van der Waals surface area contributed by atoms with Gasteiger partial charge in [0.05, 0.1) is 0 Å². The summed E-state index contributed by atoms with van der Waals surface area (Å²) in [4.78, 5) is 5.07. The monoisotopic (exact) mass is 464 g/mol. The summed E-state index contributed by atoms with van der Waals surface area (Å²) in [5, 5.41) is 8.26. The molecule has 0 fully saturated rings. The molecule has 0 saturated heterocycles. The van der Waals surface area contributed by atoms with Gasteiger partial charge in [0, 0.05) is 11.1 Å². The molecule has 0 bridgehead atoms. The molecular weight excluding hydrogens is 444 g/mol. The third-order valence-electron chi connectivity index (χ3n) is 6.67. The second-order valence-corrected chi connectivity index (χ2v) is 9.44. The van der Waals surface area contributed by atoms with Gasteiger partial charge in [-0.3, -0.25) is 0 Å². The first-order valence-electron chi connectivity index (χ1n) is 11.7. The van der Waals surface area contributed by atoms with Crippen molar-refractivity contribution in [3.63, 3.8) is 0 Å². The molecule has 0 radical (unpaired) electrons. The van der Waals surface area contributed by atoms with E-state index in [1.54, 1.807) is 0 Å². The lowest BCUT2D eigenvalue weighted by atomic mass is 9.95. The molecule has 35 heavy (non-hydrogen) atoms. The van der Waals surface area contributed by atoms with Crippen molar-refractivity contribution in [3.05, 3.63) is 121 Å². The summed E-state index contributed by atoms with van der Waals surface area (Å²) in [7, 11) is 0. The van der Waals surface area contributed by atoms with Gasteiger partial charge in [-0.2, -0.15) is 4.37 Å². The van der Waals surface area contributed by atoms with Crippen LogP contribution in [0.15, 0.2) is 121 Å². The van der Waals surface area contributed by atoms with Gasteiger partial charge < -0.3 is 0 Å². The highest BCUT2D eigenvalue weighted by molar-refractivity contribution is 7.09. The van der Waals surface area contributed by atoms with Gasteiger partial charge in [0.15, 0.2) is 5.82 Å². The highest BCUT2D eigenvalue weighted by Crippen LogP contribution is 2.38. The molecule has 0 aliphatic heterocycles. The number of aromatic nitrogens is 2. The van der Waals surface area contributed by atoms with Crippen molar-refractivity contribution in [3.8, 4) is 33.1 Å². The zero-order valence-electron chi connectivity index (χ0n) is 18.8. The molecule has 3 heteroatoms. The topological polar surface area (TPSA) is 25.8 Å². The molecule has 0 unspecified atom stereocenters. The lowest BCUT2D eigenvalue weighted by Gasteiger charge is -2.09. The molecular formula is C32H20N2S. The van der Waals surface area contributed by atoms with Crippen LogP contribution in [0.25, 0.3) is 65.4 Å². The number of fused-ring (bicyclic) bond motifs is 4. The van der Waals surface area contributed by atoms with E-state index in [-0.39, 0.29) is 0 Å². The second-order valence-electron chi connectivity index (χ2n) is 8.69. The molecule has 0 amide bonds. The molecule has 1 heterocycles. The van der Waals surface area contributed by atoms with Crippen molar-refractivity contribution in [2.75, 3.05) is 0 Å². The highest BCUT2D eigenvalue weighted by atomic mass is 32.1. The average molecular weight is 465 g/mol. The SMILES string of the molecule is c1ccc(-c2cccc3c(-c4nsc(-c5cc6ccccc6c6ccccc56)n4)cccc23)cc1. The summed E-state index contributed by atoms with van der Waals surface area (Å²) < 4.78 is 4.83. The Morgan fingerprint density at radius 2 is 1.06 bits per heavy atom. The molecule has 0 aliphatic rings. The number of nitrogens with zero attached hydrogens (tertiary/aromatic N) is 2. The third-order valence-corrected chi connectivity index (χ3v) is 7.42. The van der Waals surface area contributed by atoms with Gasteiger partial charge in [0.2, 0.25) is 0 Å². The molecule has 6 aromatic carbocycles. The molecule has 164 valence electrons. The Labute approximate surface area is 207 Å². The molecule has 0 saturated carbocycles. The Balaban J connectivity index is 1.41. The predicted octanol–water partition coefficient (Wildman–Crippen LogP) is 9.00. The number of benzene rings is 6. The Hall–Kier alpha value is -4.34. The van der Waals surface area contributed by atoms with Crippen LogP contribution < -0.4 is 0 Å². The van der Waals surface area contributed by atoms with Gasteiger partial charge >= 0.3 is 0 Å². The van der Waals surface area contributed by atoms with Crippen LogP contribution in [0.1, 0.15) is 0 Å². The normalized spacial score (nSPS) is 11.4. The number of rotatable bonds is 3. The first kappa shape index (κ1) is 20.1. The smallest absolute Gasteiger partial charge is 0.174 e. The molecule has 7 aromatic rings. The molecule has 0 atom stereocenters. The summed E-state index contributed by atoms with van der Waals surface area (Å²) in [6.45, 7) is 0. The van der Waals surface area contributed by atoms with E-state index in [0.717, 1.165) is 22.0 Å². The fourth-order valence-electron chi connectivity index (χ4n) is 5.05. The minimum absolute atomic E-state index is 0.776. The van der Waals surface area contributed by atoms with Gasteiger partial charge in [-0.15, -0.1) is 0 Å². The fourth-order valence-corrected chi connectivity index (χ4v) is 5.75. The van der Waals surface area contributed by atoms with Crippen LogP contribution >= 0.6 is 11.5 Å². The second kappa shape index (κ2) is 8.15.